The Balaban J connectivity index is 0.00000163. The number of carbonyl (C=O) groups is 1. The molecule has 2 heterocycles. The van der Waals surface area contributed by atoms with E-state index in [0.29, 0.717) is 12.2 Å². The van der Waals surface area contributed by atoms with Crippen molar-refractivity contribution in [3.63, 3.8) is 0 Å². The third kappa shape index (κ3) is 10.6. The second-order valence-corrected chi connectivity index (χ2v) is 9.70. The summed E-state index contributed by atoms with van der Waals surface area (Å²) in [5, 5.41) is 9.53. The summed E-state index contributed by atoms with van der Waals surface area (Å²) < 4.78 is 36.8. The van der Waals surface area contributed by atoms with Crippen molar-refractivity contribution in [1.82, 2.24) is 14.6 Å². The number of rotatable bonds is 10. The Kier molecular flexibility index (Phi) is 14.1. The van der Waals surface area contributed by atoms with Crippen molar-refractivity contribution in [3.8, 4) is 5.75 Å². The van der Waals surface area contributed by atoms with E-state index in [0.717, 1.165) is 7.11 Å². The minimum Gasteiger partial charge on any atom is -0.462 e. The van der Waals surface area contributed by atoms with E-state index in [-0.39, 0.29) is 25.2 Å². The number of aliphatic hydroxyl groups is 1. The van der Waals surface area contributed by atoms with E-state index in [1.54, 1.807) is 44.2 Å². The third-order valence-corrected chi connectivity index (χ3v) is 6.25. The van der Waals surface area contributed by atoms with Crippen LogP contribution in [0.15, 0.2) is 52.2 Å². The number of aliphatic hydroxyl groups excluding tert-OH is 1. The highest BCUT2D eigenvalue weighted by atomic mass is 31.2. The molecule has 3 N–H and O–H groups in total. The molecule has 208 valence electrons. The lowest BCUT2D eigenvalue weighted by atomic mass is 10.1. The zero-order valence-corrected chi connectivity index (χ0v) is 23.0. The number of esters is 1. The van der Waals surface area contributed by atoms with Gasteiger partial charge in [-0.05, 0) is 32.4 Å². The fourth-order valence-corrected chi connectivity index (χ4v) is 4.66. The molecule has 1 saturated heterocycles. The molecule has 1 fully saturated rings. The van der Waals surface area contributed by atoms with Crippen LogP contribution in [-0.4, -0.2) is 53.1 Å². The highest BCUT2D eigenvalue weighted by molar-refractivity contribution is 7.52. The van der Waals surface area contributed by atoms with Crippen molar-refractivity contribution in [2.45, 2.75) is 59.5 Å². The highest BCUT2D eigenvalue weighted by Gasteiger charge is 2.37. The van der Waals surface area contributed by atoms with Gasteiger partial charge in [0.25, 0.3) is 5.56 Å². The lowest BCUT2D eigenvalue weighted by molar-refractivity contribution is -0.145. The van der Waals surface area contributed by atoms with Crippen molar-refractivity contribution in [3.05, 3.63) is 63.4 Å². The smallest absolute Gasteiger partial charge is 0.459 e. The van der Waals surface area contributed by atoms with Gasteiger partial charge in [0.2, 0.25) is 0 Å². The van der Waals surface area contributed by atoms with Crippen LogP contribution in [0.25, 0.3) is 0 Å². The van der Waals surface area contributed by atoms with E-state index in [2.05, 4.69) is 10.1 Å². The van der Waals surface area contributed by atoms with Gasteiger partial charge in [-0.1, -0.05) is 39.0 Å². The first-order valence-electron chi connectivity index (χ1n) is 12.0. The molecule has 37 heavy (non-hydrogen) atoms. The molecule has 3 rings (SSSR count). The molecule has 1 aliphatic rings. The quantitative estimate of drug-likeness (QED) is 0.301. The average molecular weight is 544 g/mol. The molecule has 1 unspecified atom stereocenters. The molecule has 0 saturated carbocycles. The fraction of sp³-hybridized carbons (Fsp3) is 0.542. The predicted molar refractivity (Wildman–Crippen MR) is 138 cm³/mol. The summed E-state index contributed by atoms with van der Waals surface area (Å²) >= 11 is 0. The first-order chi connectivity index (χ1) is 17.6. The first kappa shape index (κ1) is 32.3. The van der Waals surface area contributed by atoms with E-state index >= 15 is 0 Å². The monoisotopic (exact) mass is 543 g/mol. The minimum absolute atomic E-state index is 0.0781. The summed E-state index contributed by atoms with van der Waals surface area (Å²) in [6, 6.07) is 9.65. The van der Waals surface area contributed by atoms with Crippen LogP contribution in [0.3, 0.4) is 0 Å². The largest absolute Gasteiger partial charge is 0.462 e. The van der Waals surface area contributed by atoms with E-state index in [9.17, 15) is 18.9 Å². The molecule has 0 aliphatic carbocycles. The van der Waals surface area contributed by atoms with Crippen LogP contribution in [0.4, 0.5) is 0 Å². The van der Waals surface area contributed by atoms with Crippen LogP contribution in [0.5, 0.6) is 5.75 Å². The van der Waals surface area contributed by atoms with Crippen LogP contribution in [0.2, 0.25) is 0 Å². The van der Waals surface area contributed by atoms with Crippen LogP contribution in [0, 0.1) is 5.92 Å². The molecule has 0 radical (unpaired) electrons. The Morgan fingerprint density at radius 2 is 1.86 bits per heavy atom. The SMILES string of the molecule is CC.CC(C)OC(=O)CNP(=O)(OC[C@@H]1C[C@H](C)[C@H](n2ccc(=O)[nH]c2=O)O1)Oc1ccccc1.CO. The zero-order chi connectivity index (χ0) is 28.0. The normalized spacial score (nSPS) is 20.1. The van der Waals surface area contributed by atoms with Crippen LogP contribution in [-0.2, 0) is 23.4 Å². The van der Waals surface area contributed by atoms with Crippen molar-refractivity contribution in [1.29, 1.82) is 0 Å². The minimum atomic E-state index is -3.97. The van der Waals surface area contributed by atoms with Gasteiger partial charge in [0.15, 0.2) is 0 Å². The maximum atomic E-state index is 13.3. The number of aromatic amines is 1. The van der Waals surface area contributed by atoms with Crippen molar-refractivity contribution >= 4 is 13.7 Å². The number of H-pyrrole nitrogens is 1. The molecule has 0 amide bonds. The molecule has 1 aliphatic heterocycles. The Morgan fingerprint density at radius 3 is 2.46 bits per heavy atom. The zero-order valence-electron chi connectivity index (χ0n) is 22.1. The van der Waals surface area contributed by atoms with E-state index in [1.165, 1.54) is 16.8 Å². The van der Waals surface area contributed by atoms with E-state index < -0.39 is 37.3 Å². The number of ether oxygens (including phenoxy) is 2. The van der Waals surface area contributed by atoms with Crippen molar-refractivity contribution < 1.29 is 33.0 Å². The number of hydrogen-bond acceptors (Lipinski definition) is 9. The van der Waals surface area contributed by atoms with Crippen LogP contribution >= 0.6 is 7.75 Å². The second-order valence-electron chi connectivity index (χ2n) is 7.95. The number of benzene rings is 1. The number of nitrogens with one attached hydrogen (secondary N) is 2. The highest BCUT2D eigenvalue weighted by Crippen LogP contribution is 2.45. The molecule has 0 bridgehead atoms. The Labute approximate surface area is 216 Å². The molecule has 13 heteroatoms. The molecule has 4 atom stereocenters. The summed E-state index contributed by atoms with van der Waals surface area (Å²) in [6.07, 6.45) is 0.442. The Hall–Kier alpha value is -2.76. The summed E-state index contributed by atoms with van der Waals surface area (Å²) in [5.41, 5.74) is -1.08. The molecular formula is C24H38N3O9P. The van der Waals surface area contributed by atoms with Gasteiger partial charge in [-0.15, -0.1) is 0 Å². The maximum absolute atomic E-state index is 13.3. The maximum Gasteiger partial charge on any atom is 0.459 e. The van der Waals surface area contributed by atoms with Crippen molar-refractivity contribution in [2.24, 2.45) is 5.92 Å². The summed E-state index contributed by atoms with van der Waals surface area (Å²) in [4.78, 5) is 37.5. The van der Waals surface area contributed by atoms with Gasteiger partial charge in [0.05, 0.1) is 18.8 Å². The predicted octanol–water partition coefficient (Wildman–Crippen LogP) is 2.84. The van der Waals surface area contributed by atoms with Gasteiger partial charge in [-0.3, -0.25) is 23.7 Å². The topological polar surface area (TPSA) is 158 Å². The van der Waals surface area contributed by atoms with Crippen molar-refractivity contribution in [2.75, 3.05) is 20.3 Å². The molecule has 12 nitrogen and oxygen atoms in total. The van der Waals surface area contributed by atoms with E-state index in [4.69, 9.17) is 23.6 Å². The molecule has 1 aromatic carbocycles. The number of aromatic nitrogens is 2. The van der Waals surface area contributed by atoms with Gasteiger partial charge < -0.3 is 19.1 Å². The lowest BCUT2D eigenvalue weighted by Gasteiger charge is -2.22. The lowest BCUT2D eigenvalue weighted by Crippen LogP contribution is -2.33. The standard InChI is InChI=1S/C21H28N3O8P.C2H6.CH4O/c1-14(2)30-19(26)12-22-33(28,32-16-7-5-4-6-8-16)29-13-17-11-15(3)20(31-17)24-10-9-18(25)23-21(24)27;2*1-2/h4-10,14-15,17,20H,11-13H2,1-3H3,(H,22,28)(H,23,25,27);1-2H3;2H,1H3/t15-,17-,20+,33?;;/m0../s1. The van der Waals surface area contributed by atoms with Gasteiger partial charge in [-0.25, -0.2) is 14.4 Å². The number of hydrogen-bond donors (Lipinski definition) is 3. The van der Waals surface area contributed by atoms with Gasteiger partial charge in [0, 0.05) is 25.3 Å². The number of para-hydroxylation sites is 1. The molecule has 1 aromatic heterocycles. The third-order valence-electron chi connectivity index (χ3n) is 4.76. The van der Waals surface area contributed by atoms with Gasteiger partial charge in [-0.2, -0.15) is 0 Å². The van der Waals surface area contributed by atoms with Crippen LogP contribution < -0.4 is 20.9 Å². The summed E-state index contributed by atoms with van der Waals surface area (Å²) in [5.74, 6) is -0.386. The number of nitrogens with zero attached hydrogens (tertiary/aromatic N) is 1. The van der Waals surface area contributed by atoms with Gasteiger partial charge >= 0.3 is 19.4 Å². The number of carbonyl (C=O) groups excluding carboxylic acids is 1. The summed E-state index contributed by atoms with van der Waals surface area (Å²) in [6.45, 7) is 8.81. The Bertz CT molecular complexity index is 1100. The molecule has 2 aromatic rings. The van der Waals surface area contributed by atoms with E-state index in [1.807, 2.05) is 20.8 Å². The van der Waals surface area contributed by atoms with Crippen LogP contribution in [0.1, 0.15) is 47.3 Å². The first-order valence-corrected chi connectivity index (χ1v) is 13.5. The fourth-order valence-electron chi connectivity index (χ4n) is 3.36. The average Bonchev–Trinajstić information content (AvgIpc) is 3.24. The van der Waals surface area contributed by atoms with Gasteiger partial charge in [0.1, 0.15) is 18.5 Å². The summed E-state index contributed by atoms with van der Waals surface area (Å²) in [7, 11) is -2.97. The Morgan fingerprint density at radius 1 is 1.22 bits per heavy atom. The molecular weight excluding hydrogens is 505 g/mol. The molecule has 0 spiro atoms. The second kappa shape index (κ2) is 16.2.